The SMILES string of the molecule is Cc1cc(NCC(O)COCc2cccs2)cc(C)c1Br. The van der Waals surface area contributed by atoms with Crippen molar-refractivity contribution in [2.75, 3.05) is 18.5 Å². The first-order valence-electron chi connectivity index (χ1n) is 6.85. The van der Waals surface area contributed by atoms with E-state index in [1.54, 1.807) is 11.3 Å². The van der Waals surface area contributed by atoms with Gasteiger partial charge in [-0.2, -0.15) is 0 Å². The van der Waals surface area contributed by atoms with Gasteiger partial charge in [0.25, 0.3) is 0 Å². The molecule has 1 aromatic heterocycles. The molecule has 1 aromatic carbocycles. The number of ether oxygens (including phenoxy) is 1. The van der Waals surface area contributed by atoms with Crippen LogP contribution in [-0.4, -0.2) is 24.4 Å². The molecule has 1 atom stereocenters. The Bertz CT molecular complexity index is 549. The van der Waals surface area contributed by atoms with E-state index in [2.05, 4.69) is 47.2 Å². The third kappa shape index (κ3) is 5.11. The van der Waals surface area contributed by atoms with Gasteiger partial charge in [0.15, 0.2) is 0 Å². The maximum atomic E-state index is 9.94. The number of nitrogens with one attached hydrogen (secondary N) is 1. The Labute approximate surface area is 138 Å². The molecular weight excluding hydrogens is 350 g/mol. The Kier molecular flexibility index (Phi) is 6.23. The molecule has 0 spiro atoms. The third-order valence-electron chi connectivity index (χ3n) is 3.11. The quantitative estimate of drug-likeness (QED) is 0.771. The van der Waals surface area contributed by atoms with Gasteiger partial charge in [-0.05, 0) is 48.6 Å². The van der Waals surface area contributed by atoms with Crippen LogP contribution in [0.25, 0.3) is 0 Å². The second-order valence-electron chi connectivity index (χ2n) is 5.05. The fourth-order valence-electron chi connectivity index (χ4n) is 2.03. The molecule has 0 aliphatic rings. The number of aryl methyl sites for hydroxylation is 2. The van der Waals surface area contributed by atoms with Crippen molar-refractivity contribution in [3.63, 3.8) is 0 Å². The van der Waals surface area contributed by atoms with Crippen LogP contribution in [0.1, 0.15) is 16.0 Å². The van der Waals surface area contributed by atoms with Crippen LogP contribution in [0.2, 0.25) is 0 Å². The molecule has 0 aliphatic heterocycles. The average molecular weight is 370 g/mol. The van der Waals surface area contributed by atoms with Gasteiger partial charge in [0.05, 0.1) is 19.3 Å². The fourth-order valence-corrected chi connectivity index (χ4v) is 2.90. The van der Waals surface area contributed by atoms with E-state index in [0.717, 1.165) is 10.2 Å². The van der Waals surface area contributed by atoms with Crippen molar-refractivity contribution in [3.8, 4) is 0 Å². The molecule has 0 saturated carbocycles. The summed E-state index contributed by atoms with van der Waals surface area (Å²) in [6.07, 6.45) is -0.519. The van der Waals surface area contributed by atoms with E-state index in [-0.39, 0.29) is 0 Å². The van der Waals surface area contributed by atoms with Gasteiger partial charge in [-0.15, -0.1) is 11.3 Å². The van der Waals surface area contributed by atoms with Crippen LogP contribution in [0.15, 0.2) is 34.1 Å². The summed E-state index contributed by atoms with van der Waals surface area (Å²) in [5.74, 6) is 0. The number of halogens is 1. The van der Waals surface area contributed by atoms with Crippen molar-refractivity contribution < 1.29 is 9.84 Å². The molecule has 21 heavy (non-hydrogen) atoms. The van der Waals surface area contributed by atoms with E-state index in [0.29, 0.717) is 19.8 Å². The van der Waals surface area contributed by atoms with Gasteiger partial charge in [-0.1, -0.05) is 22.0 Å². The third-order valence-corrected chi connectivity index (χ3v) is 5.21. The van der Waals surface area contributed by atoms with Crippen molar-refractivity contribution in [2.24, 2.45) is 0 Å². The second kappa shape index (κ2) is 7.94. The summed E-state index contributed by atoms with van der Waals surface area (Å²) in [5.41, 5.74) is 3.38. The highest BCUT2D eigenvalue weighted by Gasteiger charge is 2.07. The first-order chi connectivity index (χ1) is 10.1. The van der Waals surface area contributed by atoms with Gasteiger partial charge < -0.3 is 15.2 Å². The fraction of sp³-hybridized carbons (Fsp3) is 0.375. The van der Waals surface area contributed by atoms with Crippen molar-refractivity contribution in [1.82, 2.24) is 0 Å². The molecule has 2 aromatic rings. The van der Waals surface area contributed by atoms with Crippen LogP contribution in [0.4, 0.5) is 5.69 Å². The minimum atomic E-state index is -0.519. The van der Waals surface area contributed by atoms with E-state index in [4.69, 9.17) is 4.74 Å². The largest absolute Gasteiger partial charge is 0.389 e. The molecule has 0 aliphatic carbocycles. The summed E-state index contributed by atoms with van der Waals surface area (Å²) in [5, 5.41) is 15.2. The lowest BCUT2D eigenvalue weighted by Gasteiger charge is -2.14. The van der Waals surface area contributed by atoms with Gasteiger partial charge in [0.1, 0.15) is 0 Å². The highest BCUT2D eigenvalue weighted by Crippen LogP contribution is 2.24. The standard InChI is InChI=1S/C16H20BrNO2S/c1-11-6-13(7-12(2)16(11)17)18-8-14(19)9-20-10-15-4-3-5-21-15/h3-7,14,18-19H,8-10H2,1-2H3. The Morgan fingerprint density at radius 1 is 1.33 bits per heavy atom. The lowest BCUT2D eigenvalue weighted by Crippen LogP contribution is -2.24. The number of hydrogen-bond donors (Lipinski definition) is 2. The van der Waals surface area contributed by atoms with Crippen molar-refractivity contribution in [2.45, 2.75) is 26.6 Å². The molecule has 5 heteroatoms. The van der Waals surface area contributed by atoms with Crippen LogP contribution in [0.5, 0.6) is 0 Å². The minimum absolute atomic E-state index is 0.333. The van der Waals surface area contributed by atoms with E-state index in [9.17, 15) is 5.11 Å². The number of rotatable bonds is 7. The van der Waals surface area contributed by atoms with Crippen molar-refractivity contribution in [3.05, 3.63) is 50.1 Å². The Balaban J connectivity index is 1.74. The summed E-state index contributed by atoms with van der Waals surface area (Å²) in [6.45, 7) is 5.49. The van der Waals surface area contributed by atoms with E-state index in [1.165, 1.54) is 16.0 Å². The van der Waals surface area contributed by atoms with E-state index >= 15 is 0 Å². The Morgan fingerprint density at radius 3 is 2.67 bits per heavy atom. The highest BCUT2D eigenvalue weighted by molar-refractivity contribution is 9.10. The number of anilines is 1. The van der Waals surface area contributed by atoms with Crippen LogP contribution in [-0.2, 0) is 11.3 Å². The van der Waals surface area contributed by atoms with Crippen LogP contribution in [0, 0.1) is 13.8 Å². The molecule has 2 N–H and O–H groups in total. The molecule has 0 saturated heterocycles. The lowest BCUT2D eigenvalue weighted by molar-refractivity contribution is 0.0359. The highest BCUT2D eigenvalue weighted by atomic mass is 79.9. The number of hydrogen-bond acceptors (Lipinski definition) is 4. The number of benzene rings is 1. The average Bonchev–Trinajstić information content (AvgIpc) is 2.95. The number of thiophene rings is 1. The molecular formula is C16H20BrNO2S. The summed E-state index contributed by atoms with van der Waals surface area (Å²) >= 11 is 5.21. The molecule has 3 nitrogen and oxygen atoms in total. The molecule has 0 amide bonds. The molecule has 0 fully saturated rings. The normalized spacial score (nSPS) is 12.4. The lowest BCUT2D eigenvalue weighted by atomic mass is 10.1. The van der Waals surface area contributed by atoms with E-state index in [1.807, 2.05) is 17.5 Å². The van der Waals surface area contributed by atoms with Gasteiger partial charge in [-0.3, -0.25) is 0 Å². The maximum Gasteiger partial charge on any atom is 0.0945 e. The zero-order valence-corrected chi connectivity index (χ0v) is 14.6. The van der Waals surface area contributed by atoms with Crippen LogP contribution in [0.3, 0.4) is 0 Å². The molecule has 0 radical (unpaired) electrons. The topological polar surface area (TPSA) is 41.5 Å². The summed E-state index contributed by atoms with van der Waals surface area (Å²) in [7, 11) is 0. The van der Waals surface area contributed by atoms with Crippen molar-refractivity contribution >= 4 is 33.0 Å². The van der Waals surface area contributed by atoms with Crippen molar-refractivity contribution in [1.29, 1.82) is 0 Å². The summed E-state index contributed by atoms with van der Waals surface area (Å²) in [4.78, 5) is 1.18. The Hall–Kier alpha value is -0.880. The molecule has 114 valence electrons. The van der Waals surface area contributed by atoms with Crippen LogP contribution < -0.4 is 5.32 Å². The molecule has 1 unspecified atom stereocenters. The Morgan fingerprint density at radius 2 is 2.05 bits per heavy atom. The molecule has 1 heterocycles. The number of aliphatic hydroxyl groups excluding tert-OH is 1. The zero-order chi connectivity index (χ0) is 15.2. The van der Waals surface area contributed by atoms with Gasteiger partial charge in [-0.25, -0.2) is 0 Å². The predicted octanol–water partition coefficient (Wildman–Crippen LogP) is 4.12. The second-order valence-corrected chi connectivity index (χ2v) is 6.88. The van der Waals surface area contributed by atoms with Gasteiger partial charge in [0.2, 0.25) is 0 Å². The zero-order valence-electron chi connectivity index (χ0n) is 12.2. The van der Waals surface area contributed by atoms with E-state index < -0.39 is 6.10 Å². The van der Waals surface area contributed by atoms with Gasteiger partial charge in [0, 0.05) is 21.6 Å². The monoisotopic (exact) mass is 369 g/mol. The molecule has 0 bridgehead atoms. The first-order valence-corrected chi connectivity index (χ1v) is 8.52. The smallest absolute Gasteiger partial charge is 0.0945 e. The number of aliphatic hydroxyl groups is 1. The minimum Gasteiger partial charge on any atom is -0.389 e. The van der Waals surface area contributed by atoms with Crippen LogP contribution >= 0.6 is 27.3 Å². The predicted molar refractivity (Wildman–Crippen MR) is 92.1 cm³/mol. The maximum absolute atomic E-state index is 9.94. The first kappa shape index (κ1) is 16.5. The summed E-state index contributed by atoms with van der Waals surface area (Å²) < 4.78 is 6.64. The van der Waals surface area contributed by atoms with Gasteiger partial charge >= 0.3 is 0 Å². The molecule has 2 rings (SSSR count). The summed E-state index contributed by atoms with van der Waals surface area (Å²) in [6, 6.07) is 8.16.